The summed E-state index contributed by atoms with van der Waals surface area (Å²) in [6.45, 7) is 0. The Morgan fingerprint density at radius 3 is 0.571 bits per heavy atom. The molecule has 0 bridgehead atoms. The van der Waals surface area contributed by atoms with Gasteiger partial charge in [-0.05, 0) is 0 Å². The molecule has 9 nitrogen and oxygen atoms in total. The summed E-state index contributed by atoms with van der Waals surface area (Å²) in [7, 11) is -9.39. The van der Waals surface area contributed by atoms with Gasteiger partial charge in [-0.2, -0.15) is 13.5 Å². The van der Waals surface area contributed by atoms with E-state index >= 15 is 0 Å². The Morgan fingerprint density at radius 2 is 0.571 bits per heavy atom. The second-order valence-electron chi connectivity index (χ2n) is 0.848. The number of hydrogen-bond acceptors (Lipinski definition) is 3. The predicted octanol–water partition coefficient (Wildman–Crippen LogP) is -4.73. The largest absolute Gasteiger partial charge is 0.761 e. The fraction of sp³-hybridized carbons (Fsp3) is 0. The molecular weight excluding hydrogens is 356 g/mol. The van der Waals surface area contributed by atoms with Crippen LogP contribution in [0.15, 0.2) is 0 Å². The van der Waals surface area contributed by atoms with Gasteiger partial charge in [0, 0.05) is 21.1 Å². The van der Waals surface area contributed by atoms with E-state index in [0.29, 0.717) is 0 Å². The van der Waals surface area contributed by atoms with Crippen LogP contribution in [-0.4, -0.2) is 56.3 Å². The summed E-state index contributed by atoms with van der Waals surface area (Å²) in [5, 5.41) is 0. The Labute approximate surface area is 104 Å². The van der Waals surface area contributed by atoms with Crippen LogP contribution < -0.4 is 0 Å². The molecule has 14 heavy (non-hydrogen) atoms. The van der Waals surface area contributed by atoms with E-state index in [-0.39, 0.29) is 34.6 Å². The third-order valence-electron chi connectivity index (χ3n) is 0. The van der Waals surface area contributed by atoms with Crippen LogP contribution in [0.3, 0.4) is 0 Å². The van der Waals surface area contributed by atoms with Gasteiger partial charge in [0.1, 0.15) is 0 Å². The zero-order valence-corrected chi connectivity index (χ0v) is 12.3. The van der Waals surface area contributed by atoms with Crippen LogP contribution in [0.25, 0.3) is 0 Å². The molecule has 0 spiro atoms. The maximum absolute atomic E-state index is 8.74. The van der Waals surface area contributed by atoms with Crippen molar-refractivity contribution in [2.45, 2.75) is 0 Å². The first-order chi connectivity index (χ1) is 5.20. The third-order valence-corrected chi connectivity index (χ3v) is 0. The Kier molecular flexibility index (Phi) is 48.1. The summed E-state index contributed by atoms with van der Waals surface area (Å²) in [5.74, 6) is 0. The second-order valence-corrected chi connectivity index (χ2v) is 2.54. The van der Waals surface area contributed by atoms with Crippen LogP contribution in [0.4, 0.5) is 0 Å². The van der Waals surface area contributed by atoms with Gasteiger partial charge in [0.2, 0.25) is 0 Å². The van der Waals surface area contributed by atoms with Gasteiger partial charge >= 0.3 is 27.5 Å². The average molecular weight is 364 g/mol. The first-order valence-corrected chi connectivity index (χ1v) is 5.86. The van der Waals surface area contributed by atoms with Gasteiger partial charge in [0.25, 0.3) is 0 Å². The first-order valence-electron chi connectivity index (χ1n) is 1.95. The Hall–Kier alpha value is -0.111. The summed E-state index contributed by atoms with van der Waals surface area (Å²) < 4.78 is 26.2. The van der Waals surface area contributed by atoms with E-state index in [2.05, 4.69) is 0 Å². The van der Waals surface area contributed by atoms with Crippen LogP contribution in [0.2, 0.25) is 0 Å². The van der Waals surface area contributed by atoms with E-state index < -0.39 is 27.5 Å². The quantitative estimate of drug-likeness (QED) is 0.231. The van der Waals surface area contributed by atoms with E-state index in [0.717, 1.165) is 0 Å². The molecule has 0 rings (SSSR count). The van der Waals surface area contributed by atoms with Gasteiger partial charge in [-0.3, -0.25) is 13.4 Å². The molecule has 14 heteroatoms. The molecule has 0 unspecified atom stereocenters. The SMILES string of the molecule is O=[Si](O)O.O=[Si](O)O.O=[Si](O)O.S.[Mo]. The summed E-state index contributed by atoms with van der Waals surface area (Å²) in [6.07, 6.45) is 0. The Bertz CT molecular complexity index is 118. The maximum atomic E-state index is 8.74. The van der Waals surface area contributed by atoms with Crippen LogP contribution in [0.5, 0.6) is 0 Å². The van der Waals surface area contributed by atoms with Crippen LogP contribution in [0, 0.1) is 0 Å². The van der Waals surface area contributed by atoms with E-state index in [4.69, 9.17) is 42.2 Å². The van der Waals surface area contributed by atoms with Crippen LogP contribution >= 0.6 is 13.5 Å². The second kappa shape index (κ2) is 23.1. The van der Waals surface area contributed by atoms with Crippen molar-refractivity contribution >= 4 is 41.0 Å². The molecule has 6 N–H and O–H groups in total. The fourth-order valence-corrected chi connectivity index (χ4v) is 0. The molecule has 0 aliphatic carbocycles. The molecule has 0 heterocycles. The summed E-state index contributed by atoms with van der Waals surface area (Å²) in [6, 6.07) is 0. The van der Waals surface area contributed by atoms with Crippen molar-refractivity contribution in [3.05, 3.63) is 0 Å². The molecule has 0 saturated carbocycles. The van der Waals surface area contributed by atoms with Gasteiger partial charge in [-0.25, -0.2) is 0 Å². The van der Waals surface area contributed by atoms with Crippen molar-refractivity contribution in [3.8, 4) is 0 Å². The molecule has 0 radical (unpaired) electrons. The molecule has 0 aromatic rings. The zero-order chi connectivity index (χ0) is 10.7. The predicted molar refractivity (Wildman–Crippen MR) is 43.0 cm³/mol. The van der Waals surface area contributed by atoms with Gasteiger partial charge in [-0.1, -0.05) is 0 Å². The summed E-state index contributed by atoms with van der Waals surface area (Å²) in [5.41, 5.74) is 0. The molecule has 0 aliphatic heterocycles. The molecule has 0 aromatic heterocycles. The third kappa shape index (κ3) is 114000. The molecule has 0 amide bonds. The summed E-state index contributed by atoms with van der Waals surface area (Å²) in [4.78, 5) is 42.9. The van der Waals surface area contributed by atoms with E-state index in [1.165, 1.54) is 0 Å². The maximum Gasteiger partial charge on any atom is 0.761 e. The number of rotatable bonds is 0. The van der Waals surface area contributed by atoms with Gasteiger partial charge in [0.15, 0.2) is 0 Å². The van der Waals surface area contributed by atoms with Crippen LogP contribution in [-0.2, 0) is 34.5 Å². The van der Waals surface area contributed by atoms with E-state index in [9.17, 15) is 0 Å². The molecule has 0 saturated heterocycles. The molecular formula is H8MoO9SSi3. The minimum Gasteiger partial charge on any atom is -0.511 e. The normalized spacial score (nSPS) is 5.14. The van der Waals surface area contributed by atoms with Crippen molar-refractivity contribution in [2.24, 2.45) is 0 Å². The monoisotopic (exact) mass is 366 g/mol. The summed E-state index contributed by atoms with van der Waals surface area (Å²) >= 11 is 0. The molecule has 0 fully saturated rings. The minimum atomic E-state index is -3.13. The Morgan fingerprint density at radius 1 is 0.571 bits per heavy atom. The molecule has 0 aromatic carbocycles. The minimum absolute atomic E-state index is 0. The van der Waals surface area contributed by atoms with Crippen molar-refractivity contribution in [1.29, 1.82) is 0 Å². The van der Waals surface area contributed by atoms with Gasteiger partial charge in [-0.15, -0.1) is 0 Å². The average Bonchev–Trinajstić information content (AvgIpc) is 1.54. The van der Waals surface area contributed by atoms with Crippen molar-refractivity contribution in [1.82, 2.24) is 0 Å². The zero-order valence-electron chi connectivity index (χ0n) is 6.32. The first kappa shape index (κ1) is 29.2. The fourth-order valence-electron chi connectivity index (χ4n) is 0. The van der Waals surface area contributed by atoms with Gasteiger partial charge < -0.3 is 28.8 Å². The Balaban J connectivity index is -0.0000000270. The standard InChI is InChI=1S/Mo.3H2O3Si.H2S/c;3*1-4(2)3;/h;3*1-2H;1H2. The smallest absolute Gasteiger partial charge is 0.511 e. The van der Waals surface area contributed by atoms with Gasteiger partial charge in [0.05, 0.1) is 0 Å². The van der Waals surface area contributed by atoms with Crippen molar-refractivity contribution in [2.75, 3.05) is 0 Å². The van der Waals surface area contributed by atoms with E-state index in [1.807, 2.05) is 0 Å². The number of hydrogen-bond donors (Lipinski definition) is 6. The van der Waals surface area contributed by atoms with Crippen molar-refractivity contribution in [3.63, 3.8) is 0 Å². The molecule has 86 valence electrons. The molecule has 0 atom stereocenters. The van der Waals surface area contributed by atoms with Crippen molar-refractivity contribution < 1.29 is 63.2 Å². The van der Waals surface area contributed by atoms with E-state index in [1.54, 1.807) is 0 Å². The topological polar surface area (TPSA) is 173 Å². The van der Waals surface area contributed by atoms with Crippen LogP contribution in [0.1, 0.15) is 0 Å². The molecule has 0 aliphatic rings.